The van der Waals surface area contributed by atoms with Crippen LogP contribution in [0.1, 0.15) is 90.4 Å². The zero-order valence-electron chi connectivity index (χ0n) is 23.3. The zero-order chi connectivity index (χ0) is 28.9. The number of aromatic hydroxyl groups is 1. The highest BCUT2D eigenvalue weighted by atomic mass is 16.7. The molecule has 5 unspecified atom stereocenters. The molecule has 0 radical (unpaired) electrons. The molecule has 10 heteroatoms. The summed E-state index contributed by atoms with van der Waals surface area (Å²) in [5.41, 5.74) is -0.448. The van der Waals surface area contributed by atoms with Gasteiger partial charge in [-0.3, -0.25) is 4.79 Å². The molecule has 1 aliphatic heterocycles. The SMILES string of the molecule is CCCCCCCCCCCCCCC(=O)OCC1OC(Oc2cc3ccc(=O)oc3cc2O)C(O)C(O)C1O. The van der Waals surface area contributed by atoms with Crippen LogP contribution >= 0.6 is 0 Å². The number of aliphatic hydroxyl groups excluding tert-OH is 3. The zero-order valence-corrected chi connectivity index (χ0v) is 23.3. The number of carbonyl (C=O) groups excluding carboxylic acids is 1. The molecule has 3 rings (SSSR count). The third-order valence-corrected chi connectivity index (χ3v) is 7.26. The van der Waals surface area contributed by atoms with E-state index in [9.17, 15) is 30.0 Å². The van der Waals surface area contributed by atoms with E-state index < -0.39 is 42.3 Å². The summed E-state index contributed by atoms with van der Waals surface area (Å²) in [5.74, 6) is -0.921. The van der Waals surface area contributed by atoms with E-state index in [0.29, 0.717) is 11.8 Å². The highest BCUT2D eigenvalue weighted by Gasteiger charge is 2.45. The van der Waals surface area contributed by atoms with Gasteiger partial charge < -0.3 is 39.1 Å². The van der Waals surface area contributed by atoms with Gasteiger partial charge in [0.1, 0.15) is 36.6 Å². The molecule has 1 aromatic heterocycles. The van der Waals surface area contributed by atoms with Gasteiger partial charge in [0, 0.05) is 23.9 Å². The van der Waals surface area contributed by atoms with Gasteiger partial charge >= 0.3 is 11.6 Å². The molecule has 0 amide bonds. The second-order valence-electron chi connectivity index (χ2n) is 10.6. The number of phenolic OH excluding ortho intramolecular Hbond substituents is 1. The smallest absolute Gasteiger partial charge is 0.336 e. The molecular formula is C30H44O10. The Labute approximate surface area is 234 Å². The summed E-state index contributed by atoms with van der Waals surface area (Å²) in [5, 5.41) is 41.8. The van der Waals surface area contributed by atoms with Gasteiger partial charge in [0.2, 0.25) is 6.29 Å². The van der Waals surface area contributed by atoms with Crippen molar-refractivity contribution >= 4 is 16.9 Å². The summed E-state index contributed by atoms with van der Waals surface area (Å²) < 4.78 is 21.5. The first-order chi connectivity index (χ1) is 19.3. The molecule has 0 bridgehead atoms. The normalized spacial score (nSPS) is 22.9. The molecule has 10 nitrogen and oxygen atoms in total. The lowest BCUT2D eigenvalue weighted by atomic mass is 9.99. The van der Waals surface area contributed by atoms with Crippen molar-refractivity contribution in [2.75, 3.05) is 6.61 Å². The van der Waals surface area contributed by atoms with Crippen molar-refractivity contribution < 1.29 is 43.8 Å². The Bertz CT molecular complexity index is 1100. The lowest BCUT2D eigenvalue weighted by molar-refractivity contribution is -0.278. The first-order valence-electron chi connectivity index (χ1n) is 14.6. The first-order valence-corrected chi connectivity index (χ1v) is 14.6. The standard InChI is InChI=1S/C30H44O10/c1-2-3-4-5-6-7-8-9-10-11-12-13-14-25(32)37-19-24-27(34)28(35)29(36)30(40-24)39-23-17-20-15-16-26(33)38-22(20)18-21(23)31/h15-18,24,27-31,34-36H,2-14,19H2,1H3. The molecular weight excluding hydrogens is 520 g/mol. The molecule has 5 atom stereocenters. The minimum Gasteiger partial charge on any atom is -0.504 e. The average molecular weight is 565 g/mol. The number of ether oxygens (including phenoxy) is 3. The highest BCUT2D eigenvalue weighted by Crippen LogP contribution is 2.34. The second kappa shape index (κ2) is 16.6. The van der Waals surface area contributed by atoms with Crippen molar-refractivity contribution in [3.05, 3.63) is 34.7 Å². The van der Waals surface area contributed by atoms with Gasteiger partial charge in [-0.2, -0.15) is 0 Å². The molecule has 1 aromatic carbocycles. The molecule has 4 N–H and O–H groups in total. The van der Waals surface area contributed by atoms with Crippen LogP contribution in [-0.2, 0) is 14.3 Å². The fourth-order valence-electron chi connectivity index (χ4n) is 4.81. The number of esters is 1. The molecule has 1 saturated heterocycles. The number of phenols is 1. The quantitative estimate of drug-likeness (QED) is 0.124. The third kappa shape index (κ3) is 9.76. The number of benzene rings is 1. The molecule has 2 aromatic rings. The van der Waals surface area contributed by atoms with Crippen LogP contribution in [0.4, 0.5) is 0 Å². The average Bonchev–Trinajstić information content (AvgIpc) is 2.93. The van der Waals surface area contributed by atoms with Crippen molar-refractivity contribution in [2.24, 2.45) is 0 Å². The minimum absolute atomic E-state index is 0.100. The second-order valence-corrected chi connectivity index (χ2v) is 10.6. The number of rotatable bonds is 17. The fraction of sp³-hybridized carbons (Fsp3) is 0.667. The predicted octanol–water partition coefficient (Wildman–Crippen LogP) is 4.32. The number of carbonyl (C=O) groups is 1. The van der Waals surface area contributed by atoms with Gasteiger partial charge in [-0.1, -0.05) is 77.6 Å². The van der Waals surface area contributed by atoms with Crippen LogP contribution in [0.3, 0.4) is 0 Å². The number of aliphatic hydroxyl groups is 3. The van der Waals surface area contributed by atoms with Crippen molar-refractivity contribution in [3.8, 4) is 11.5 Å². The van der Waals surface area contributed by atoms with Crippen molar-refractivity contribution in [1.82, 2.24) is 0 Å². The molecule has 224 valence electrons. The number of hydrogen-bond donors (Lipinski definition) is 4. The van der Waals surface area contributed by atoms with Crippen LogP contribution in [-0.4, -0.2) is 63.7 Å². The lowest BCUT2D eigenvalue weighted by Crippen LogP contribution is -2.60. The first kappa shape index (κ1) is 31.9. The molecule has 1 fully saturated rings. The predicted molar refractivity (Wildman–Crippen MR) is 148 cm³/mol. The molecule has 0 saturated carbocycles. The summed E-state index contributed by atoms with van der Waals surface area (Å²) >= 11 is 0. The summed E-state index contributed by atoms with van der Waals surface area (Å²) in [6.07, 6.45) is 7.07. The maximum atomic E-state index is 12.2. The summed E-state index contributed by atoms with van der Waals surface area (Å²) in [7, 11) is 0. The van der Waals surface area contributed by atoms with E-state index in [2.05, 4.69) is 6.92 Å². The maximum absolute atomic E-state index is 12.2. The summed E-state index contributed by atoms with van der Waals surface area (Å²) in [4.78, 5) is 23.6. The number of hydrogen-bond acceptors (Lipinski definition) is 10. The van der Waals surface area contributed by atoms with Crippen LogP contribution in [0.5, 0.6) is 11.5 Å². The van der Waals surface area contributed by atoms with Crippen LogP contribution < -0.4 is 10.4 Å². The Morgan fingerprint density at radius 1 is 0.850 bits per heavy atom. The van der Waals surface area contributed by atoms with E-state index in [1.165, 1.54) is 75.6 Å². The van der Waals surface area contributed by atoms with Crippen LogP contribution in [0, 0.1) is 0 Å². The summed E-state index contributed by atoms with van der Waals surface area (Å²) in [6, 6.07) is 5.24. The molecule has 1 aliphatic rings. The van der Waals surface area contributed by atoms with Gasteiger partial charge in [-0.15, -0.1) is 0 Å². The highest BCUT2D eigenvalue weighted by molar-refractivity contribution is 5.80. The van der Waals surface area contributed by atoms with Crippen LogP contribution in [0.2, 0.25) is 0 Å². The number of unbranched alkanes of at least 4 members (excludes halogenated alkanes) is 11. The van der Waals surface area contributed by atoms with E-state index in [1.807, 2.05) is 0 Å². The Hall–Kier alpha value is -2.66. The Kier molecular flexibility index (Phi) is 13.2. The lowest BCUT2D eigenvalue weighted by Gasteiger charge is -2.39. The molecule has 0 spiro atoms. The molecule has 2 heterocycles. The Morgan fingerprint density at radius 3 is 2.12 bits per heavy atom. The van der Waals surface area contributed by atoms with E-state index in [0.717, 1.165) is 19.3 Å². The van der Waals surface area contributed by atoms with Crippen LogP contribution in [0.15, 0.2) is 33.5 Å². The maximum Gasteiger partial charge on any atom is 0.336 e. The van der Waals surface area contributed by atoms with Gasteiger partial charge in [-0.05, 0) is 18.6 Å². The Balaban J connectivity index is 1.37. The monoisotopic (exact) mass is 564 g/mol. The van der Waals surface area contributed by atoms with Gasteiger partial charge in [-0.25, -0.2) is 4.79 Å². The van der Waals surface area contributed by atoms with Gasteiger partial charge in [0.05, 0.1) is 0 Å². The van der Waals surface area contributed by atoms with E-state index in [4.69, 9.17) is 18.6 Å². The molecule has 40 heavy (non-hydrogen) atoms. The van der Waals surface area contributed by atoms with E-state index in [-0.39, 0.29) is 30.1 Å². The largest absolute Gasteiger partial charge is 0.504 e. The third-order valence-electron chi connectivity index (χ3n) is 7.26. The van der Waals surface area contributed by atoms with E-state index >= 15 is 0 Å². The fourth-order valence-corrected chi connectivity index (χ4v) is 4.81. The topological polar surface area (TPSA) is 156 Å². The van der Waals surface area contributed by atoms with E-state index in [1.54, 1.807) is 0 Å². The minimum atomic E-state index is -1.65. The van der Waals surface area contributed by atoms with Crippen molar-refractivity contribution in [3.63, 3.8) is 0 Å². The number of fused-ring (bicyclic) bond motifs is 1. The van der Waals surface area contributed by atoms with Crippen molar-refractivity contribution in [2.45, 2.75) is 121 Å². The van der Waals surface area contributed by atoms with Crippen molar-refractivity contribution in [1.29, 1.82) is 0 Å². The Morgan fingerprint density at radius 2 is 1.48 bits per heavy atom. The van der Waals surface area contributed by atoms with Gasteiger partial charge in [0.25, 0.3) is 0 Å². The summed E-state index contributed by atoms with van der Waals surface area (Å²) in [6.45, 7) is 1.89. The molecule has 0 aliphatic carbocycles. The van der Waals surface area contributed by atoms with Crippen LogP contribution in [0.25, 0.3) is 11.0 Å². The van der Waals surface area contributed by atoms with Gasteiger partial charge in [0.15, 0.2) is 11.5 Å².